The number of aryl methyl sites for hydroxylation is 1. The van der Waals surface area contributed by atoms with Crippen LogP contribution in [-0.2, 0) is 96.1 Å². The van der Waals surface area contributed by atoms with Gasteiger partial charge in [-0.25, -0.2) is 24.0 Å². The number of anilines is 3. The highest BCUT2D eigenvalue weighted by molar-refractivity contribution is 7.85. The molecule has 0 aliphatic carbocycles. The predicted octanol–water partition coefficient (Wildman–Crippen LogP) is 10.7. The summed E-state index contributed by atoms with van der Waals surface area (Å²) < 4.78 is 54.1. The number of carbonyl (C=O) groups excluding carboxylic acids is 9. The smallest absolute Gasteiger partial charge is 0.338 e. The number of benzene rings is 7. The van der Waals surface area contributed by atoms with E-state index >= 15 is 0 Å². The van der Waals surface area contributed by atoms with Gasteiger partial charge in [0, 0.05) is 83.7 Å². The Bertz CT molecular complexity index is 4710. The van der Waals surface area contributed by atoms with Crippen LogP contribution < -0.4 is 31.9 Å². The number of methoxy groups -OCH3 is 1. The highest BCUT2D eigenvalue weighted by atomic mass is 32.2. The second-order valence-corrected chi connectivity index (χ2v) is 30.1. The van der Waals surface area contributed by atoms with Crippen LogP contribution in [0.4, 0.5) is 17.1 Å². The first-order chi connectivity index (χ1) is 58.2. The fraction of sp³-hybridized carbons (Fsp3) is 0.382. The number of aliphatic hydroxyl groups is 3. The standard InChI is InChI=1S/C25H30N2O5.C23H28N2O5.C22H26N2O5.C7H10O5.C7H8O3S.C4H6O5.CH4/c1-25(2)31-21(24(30)32-25)17-23(29)26-15-8-4-7-14-22(28)27-20-13-9-12-19(16-20)18-10-5-3-6-11-18;1-30-23(29)20(26)16-22(28)24-14-7-3-6-13-21(27)25-19-12-8-11-18(15-19)17-9-4-2-5-10-17;25-19(22(28)29)15-21(27)23-13-6-2-5-12-20(26)24-18-11-7-10-17(14-18)16-8-3-1-4-9-16;1-7(2)11-4(3-5(8)9)6(10)12-7;1-6-2-4-7(5-3-6)11(8,9)10;5-2(4(8)9)1-3(6)7;/h3,5-6,9-13,16,21H,4,7-8,14-15,17H2,1-2H3,(H,26,29)(H,27,28);2,4-5,8-12,15,20,26H,3,6-7,13-14,16H2,1H3,(H,24,28)(H,25,27);1,3-4,7-11,14,19,25H,2,5-6,12-13,15H2,(H,23,27)(H,24,26)(H,28,29);4H,3H2,1-2H3,(H,8,9);2-5H,1H3,(H,8,9,10);2,5H,1H2,(H,6,7)(H,8,9);1H4. The number of aliphatic carboxylic acids is 4. The van der Waals surface area contributed by atoms with Crippen molar-refractivity contribution in [1.29, 1.82) is 0 Å². The molecule has 14 N–H and O–H groups in total. The molecule has 0 saturated carbocycles. The molecule has 7 aromatic carbocycles. The van der Waals surface area contributed by atoms with Gasteiger partial charge in [-0.15, -0.1) is 0 Å². The number of unbranched alkanes of at least 4 members (excludes halogenated alkanes) is 6. The molecule has 2 heterocycles. The summed E-state index contributed by atoms with van der Waals surface area (Å²) in [7, 11) is -2.87. The minimum Gasteiger partial charge on any atom is -0.481 e. The van der Waals surface area contributed by atoms with E-state index in [9.17, 15) is 75.9 Å². The molecule has 6 amide bonds. The van der Waals surface area contributed by atoms with Crippen molar-refractivity contribution in [1.82, 2.24) is 16.0 Å². The Hall–Kier alpha value is -12.6. The van der Waals surface area contributed by atoms with Crippen LogP contribution >= 0.6 is 0 Å². The van der Waals surface area contributed by atoms with Gasteiger partial charge in [0.2, 0.25) is 47.0 Å². The highest BCUT2D eigenvalue weighted by Crippen LogP contribution is 2.29. The minimum absolute atomic E-state index is 0. The summed E-state index contributed by atoms with van der Waals surface area (Å²) in [6, 6.07) is 59.1. The van der Waals surface area contributed by atoms with Crippen LogP contribution in [0.15, 0.2) is 193 Å². The fourth-order valence-electron chi connectivity index (χ4n) is 11.2. The van der Waals surface area contributed by atoms with Crippen LogP contribution in [0, 0.1) is 6.92 Å². The third-order valence-electron chi connectivity index (χ3n) is 17.3. The van der Waals surface area contributed by atoms with Gasteiger partial charge in [-0.3, -0.25) is 42.9 Å². The Kier molecular flexibility index (Phi) is 47.1. The van der Waals surface area contributed by atoms with Crippen molar-refractivity contribution in [2.45, 2.75) is 198 Å². The van der Waals surface area contributed by atoms with Crippen molar-refractivity contribution < 1.29 is 135 Å². The molecular weight excluding hydrogens is 1630 g/mol. The summed E-state index contributed by atoms with van der Waals surface area (Å²) in [6.07, 6.45) is -0.898. The Morgan fingerprint density at radius 2 is 0.726 bits per heavy atom. The maximum absolute atomic E-state index is 12.2. The molecule has 0 aromatic heterocycles. The van der Waals surface area contributed by atoms with Crippen molar-refractivity contribution in [3.8, 4) is 33.4 Å². The first-order valence-corrected chi connectivity index (χ1v) is 40.7. The number of aliphatic hydroxyl groups excluding tert-OH is 3. The number of hydrogen-bond donors (Lipinski definition) is 14. The molecule has 2 aliphatic heterocycles. The molecule has 124 heavy (non-hydrogen) atoms. The second-order valence-electron chi connectivity index (χ2n) is 28.7. The number of hydrogen-bond acceptors (Lipinski definition) is 23. The van der Waals surface area contributed by atoms with E-state index in [4.69, 9.17) is 54.1 Å². The average Bonchev–Trinajstić information content (AvgIpc) is 1.69. The Labute approximate surface area is 719 Å². The van der Waals surface area contributed by atoms with Crippen LogP contribution in [0.2, 0.25) is 0 Å². The largest absolute Gasteiger partial charge is 0.481 e. The number of esters is 3. The molecule has 34 nitrogen and oxygen atoms in total. The summed E-state index contributed by atoms with van der Waals surface area (Å²) in [6.45, 7) is 9.54. The molecule has 2 fully saturated rings. The van der Waals surface area contributed by atoms with Gasteiger partial charge >= 0.3 is 41.8 Å². The van der Waals surface area contributed by atoms with E-state index in [1.165, 1.54) is 12.1 Å². The van der Waals surface area contributed by atoms with Gasteiger partial charge in [0.1, 0.15) is 0 Å². The van der Waals surface area contributed by atoms with Crippen molar-refractivity contribution in [2.75, 3.05) is 42.7 Å². The number of ether oxygens (including phenoxy) is 5. The Morgan fingerprint density at radius 3 is 1.02 bits per heavy atom. The molecule has 0 bridgehead atoms. The number of nitrogens with one attached hydrogen (secondary N) is 6. The molecule has 9 rings (SSSR count). The third-order valence-corrected chi connectivity index (χ3v) is 18.1. The van der Waals surface area contributed by atoms with E-state index in [1.54, 1.807) is 39.8 Å². The Balaban J connectivity index is 0.000000406. The SMILES string of the molecule is C.CC1(C)OC(=O)C(CC(=O)NCCCCCC(=O)Nc2cccc(-c3ccccc3)c2)O1.CC1(C)OC(=O)C(CC(=O)O)O1.COC(=O)C(O)CC(=O)NCCCCCC(=O)Nc1cccc(-c2ccccc2)c1.Cc1ccc(S(=O)(=O)O)cc1.O=C(CC(O)C(=O)O)NCCCCCC(=O)Nc1cccc(-c2ccccc2)c1.O=C(O)CC(O)C(=O)O. The van der Waals surface area contributed by atoms with E-state index in [1.807, 2.05) is 171 Å². The molecule has 2 aliphatic rings. The first-order valence-electron chi connectivity index (χ1n) is 39.2. The molecule has 7 aromatic rings. The van der Waals surface area contributed by atoms with E-state index in [0.29, 0.717) is 64.6 Å². The Morgan fingerprint density at radius 1 is 0.403 bits per heavy atom. The van der Waals surface area contributed by atoms with Gasteiger partial charge in [-0.2, -0.15) is 8.42 Å². The van der Waals surface area contributed by atoms with Crippen molar-refractivity contribution in [2.24, 2.45) is 0 Å². The van der Waals surface area contributed by atoms with Crippen LogP contribution in [-0.4, -0.2) is 195 Å². The molecule has 35 heteroatoms. The van der Waals surface area contributed by atoms with Gasteiger partial charge < -0.3 is 91.3 Å². The van der Waals surface area contributed by atoms with E-state index in [-0.39, 0.29) is 55.2 Å². The van der Waals surface area contributed by atoms with Crippen molar-refractivity contribution >= 4 is 104 Å². The topological polar surface area (TPSA) is 536 Å². The van der Waals surface area contributed by atoms with Crippen LogP contribution in [0.5, 0.6) is 0 Å². The summed E-state index contributed by atoms with van der Waals surface area (Å²) in [5.41, 5.74) is 9.66. The molecule has 5 atom stereocenters. The predicted molar refractivity (Wildman–Crippen MR) is 457 cm³/mol. The lowest BCUT2D eigenvalue weighted by molar-refractivity contribution is -0.162. The molecular formula is C89H112N6O28S. The fourth-order valence-corrected chi connectivity index (χ4v) is 11.7. The normalized spacial score (nSPS) is 14.3. The molecule has 2 saturated heterocycles. The van der Waals surface area contributed by atoms with E-state index in [2.05, 4.69) is 36.6 Å². The summed E-state index contributed by atoms with van der Waals surface area (Å²) in [5.74, 6) is -10.6. The number of carboxylic acids is 4. The quantitative estimate of drug-likeness (QED) is 0.00740. The zero-order valence-corrected chi connectivity index (χ0v) is 69.9. The summed E-state index contributed by atoms with van der Waals surface area (Å²) in [4.78, 5) is 145. The van der Waals surface area contributed by atoms with Crippen LogP contribution in [0.25, 0.3) is 33.4 Å². The molecule has 672 valence electrons. The molecule has 0 spiro atoms. The lowest BCUT2D eigenvalue weighted by atomic mass is 10.1. The average molecular weight is 1750 g/mol. The van der Waals surface area contributed by atoms with E-state index < -0.39 is 119 Å². The minimum atomic E-state index is -4.02. The van der Waals surface area contributed by atoms with Gasteiger partial charge in [0.15, 0.2) is 30.5 Å². The lowest BCUT2D eigenvalue weighted by Crippen LogP contribution is -2.32. The number of carbonyl (C=O) groups is 13. The lowest BCUT2D eigenvalue weighted by Gasteiger charge is -2.15. The van der Waals surface area contributed by atoms with Gasteiger partial charge in [-0.1, -0.05) is 172 Å². The summed E-state index contributed by atoms with van der Waals surface area (Å²) in [5, 5.41) is 76.3. The number of carboxylic acid groups (broad SMARTS) is 4. The summed E-state index contributed by atoms with van der Waals surface area (Å²) >= 11 is 0. The van der Waals surface area contributed by atoms with Gasteiger partial charge in [-0.05, 0) is 127 Å². The van der Waals surface area contributed by atoms with E-state index in [0.717, 1.165) is 95.2 Å². The number of rotatable bonds is 38. The molecule has 5 unspecified atom stereocenters. The van der Waals surface area contributed by atoms with Gasteiger partial charge in [0.05, 0.1) is 44.1 Å². The maximum Gasteiger partial charge on any atom is 0.338 e. The third kappa shape index (κ3) is 44.2. The first kappa shape index (κ1) is 106. The number of cyclic esters (lactones) is 2. The molecule has 0 radical (unpaired) electrons. The van der Waals surface area contributed by atoms with Crippen molar-refractivity contribution in [3.05, 3.63) is 194 Å². The van der Waals surface area contributed by atoms with Gasteiger partial charge in [0.25, 0.3) is 10.1 Å². The second kappa shape index (κ2) is 55.4. The van der Waals surface area contributed by atoms with Crippen molar-refractivity contribution in [3.63, 3.8) is 0 Å². The van der Waals surface area contributed by atoms with Crippen LogP contribution in [0.3, 0.4) is 0 Å². The maximum atomic E-state index is 12.2. The monoisotopic (exact) mass is 1740 g/mol. The number of amides is 6. The van der Waals surface area contributed by atoms with Crippen LogP contribution in [0.1, 0.15) is 150 Å². The zero-order valence-electron chi connectivity index (χ0n) is 69.1. The zero-order chi connectivity index (χ0) is 91.1. The highest BCUT2D eigenvalue weighted by Gasteiger charge is 2.43.